The molecule has 0 amide bonds. The van der Waals surface area contributed by atoms with Crippen molar-refractivity contribution < 1.29 is 32.2 Å². The molecule has 0 fully saturated rings. The van der Waals surface area contributed by atoms with E-state index in [1.807, 2.05) is 0 Å². The normalized spacial score (nSPS) is 14.0. The number of hydrogen-bond acceptors (Lipinski definition) is 5. The molecule has 0 heterocycles. The van der Waals surface area contributed by atoms with Crippen molar-refractivity contribution in [2.45, 2.75) is 11.9 Å². The highest BCUT2D eigenvalue weighted by molar-refractivity contribution is 9.10. The van der Waals surface area contributed by atoms with Crippen molar-refractivity contribution in [1.29, 1.82) is 0 Å². The molecule has 23 heavy (non-hydrogen) atoms. The lowest BCUT2D eigenvalue weighted by Crippen LogP contribution is -2.04. The van der Waals surface area contributed by atoms with Crippen LogP contribution < -0.4 is 4.52 Å². The van der Waals surface area contributed by atoms with Gasteiger partial charge in [-0.3, -0.25) is 0 Å². The Balaban J connectivity index is 2.43. The summed E-state index contributed by atoms with van der Waals surface area (Å²) in [5.74, 6) is 1.40. The number of rotatable bonds is 11. The number of ether oxygens (including phenoxy) is 2. The first-order chi connectivity index (χ1) is 10.9. The monoisotopic (exact) mass is 434 g/mol. The van der Waals surface area contributed by atoms with E-state index in [0.29, 0.717) is 30.0 Å². The van der Waals surface area contributed by atoms with Crippen LogP contribution in [0, 0.1) is 0 Å². The largest absolute Gasteiger partial charge is 0.442 e. The number of thioether (sulfide) groups is 1. The summed E-state index contributed by atoms with van der Waals surface area (Å²) in [7, 11) is -3.35. The molecule has 0 aliphatic carbocycles. The first-order valence-corrected chi connectivity index (χ1v) is 10.2. The topological polar surface area (TPSA) is 65.0 Å². The minimum absolute atomic E-state index is 0.0900. The van der Waals surface area contributed by atoms with Crippen molar-refractivity contribution in [3.8, 4) is 5.75 Å². The van der Waals surface area contributed by atoms with Gasteiger partial charge in [-0.25, -0.2) is 4.57 Å². The SMILES string of the molecule is COCCOCCSCc1ccc(OP(=O)(O)C(F)F)c(Br)c1. The number of methoxy groups -OCH3 is 1. The zero-order valence-corrected chi connectivity index (χ0v) is 15.7. The second kappa shape index (κ2) is 10.6. The Kier molecular flexibility index (Phi) is 9.65. The standard InChI is InChI=1S/C13H18BrF2O5PS/c1-19-4-5-20-6-7-23-9-10-2-3-12(11(14)8-10)21-22(17,18)13(15)16/h2-3,8,13H,4-7,9H2,1H3,(H,17,18). The molecule has 1 N–H and O–H groups in total. The summed E-state index contributed by atoms with van der Waals surface area (Å²) in [5, 5.41) is 0. The Morgan fingerprint density at radius 1 is 1.35 bits per heavy atom. The molecule has 0 bridgehead atoms. The van der Waals surface area contributed by atoms with Gasteiger partial charge in [-0.1, -0.05) is 6.07 Å². The van der Waals surface area contributed by atoms with Gasteiger partial charge in [0.2, 0.25) is 0 Å². The third-order valence-electron chi connectivity index (χ3n) is 2.54. The van der Waals surface area contributed by atoms with E-state index in [1.54, 1.807) is 31.0 Å². The molecule has 0 aliphatic heterocycles. The minimum Gasteiger partial charge on any atom is -0.420 e. The average Bonchev–Trinajstić information content (AvgIpc) is 2.48. The predicted octanol–water partition coefficient (Wildman–Crippen LogP) is 4.13. The number of alkyl halides is 2. The van der Waals surface area contributed by atoms with Crippen LogP contribution in [0.15, 0.2) is 22.7 Å². The van der Waals surface area contributed by atoms with E-state index in [9.17, 15) is 13.3 Å². The van der Waals surface area contributed by atoms with Gasteiger partial charge in [0.1, 0.15) is 5.75 Å². The van der Waals surface area contributed by atoms with Gasteiger partial charge < -0.3 is 18.9 Å². The summed E-state index contributed by atoms with van der Waals surface area (Å²) in [5.41, 5.74) is 0.927. The molecule has 0 aromatic heterocycles. The molecule has 0 saturated heterocycles. The van der Waals surface area contributed by atoms with Gasteiger partial charge in [0, 0.05) is 18.6 Å². The van der Waals surface area contributed by atoms with E-state index >= 15 is 0 Å². The van der Waals surface area contributed by atoms with Gasteiger partial charge in [0.05, 0.1) is 24.3 Å². The molecule has 1 aromatic rings. The van der Waals surface area contributed by atoms with E-state index in [-0.39, 0.29) is 5.75 Å². The van der Waals surface area contributed by atoms with E-state index in [4.69, 9.17) is 14.4 Å². The predicted molar refractivity (Wildman–Crippen MR) is 89.5 cm³/mol. The molecule has 1 atom stereocenters. The number of hydrogen-bond donors (Lipinski definition) is 1. The lowest BCUT2D eigenvalue weighted by Gasteiger charge is -2.14. The quantitative estimate of drug-likeness (QED) is 0.417. The molecule has 132 valence electrons. The van der Waals surface area contributed by atoms with Crippen LogP contribution in [0.1, 0.15) is 5.56 Å². The Bertz CT molecular complexity index is 535. The average molecular weight is 435 g/mol. The lowest BCUT2D eigenvalue weighted by atomic mass is 10.2. The number of halogens is 3. The summed E-state index contributed by atoms with van der Waals surface area (Å²) >= 11 is 4.80. The van der Waals surface area contributed by atoms with Crippen LogP contribution >= 0.6 is 35.3 Å². The Hall–Kier alpha value is -0.180. The van der Waals surface area contributed by atoms with E-state index in [1.165, 1.54) is 6.07 Å². The van der Waals surface area contributed by atoms with Crippen LogP contribution in [0.3, 0.4) is 0 Å². The van der Waals surface area contributed by atoms with Crippen molar-refractivity contribution in [2.24, 2.45) is 0 Å². The first-order valence-electron chi connectivity index (χ1n) is 6.60. The fourth-order valence-corrected chi connectivity index (χ4v) is 3.39. The van der Waals surface area contributed by atoms with Crippen LogP contribution in [0.25, 0.3) is 0 Å². The molecule has 10 heteroatoms. The molecule has 0 saturated carbocycles. The molecule has 1 unspecified atom stereocenters. The van der Waals surface area contributed by atoms with E-state index in [2.05, 4.69) is 20.5 Å². The van der Waals surface area contributed by atoms with Gasteiger partial charge >= 0.3 is 13.8 Å². The Morgan fingerprint density at radius 3 is 2.70 bits per heavy atom. The lowest BCUT2D eigenvalue weighted by molar-refractivity contribution is 0.0790. The third-order valence-corrected chi connectivity index (χ3v) is 5.11. The highest BCUT2D eigenvalue weighted by Gasteiger charge is 2.34. The van der Waals surface area contributed by atoms with Crippen molar-refractivity contribution in [2.75, 3.05) is 32.7 Å². The van der Waals surface area contributed by atoms with Gasteiger partial charge in [0.25, 0.3) is 0 Å². The molecule has 1 aromatic carbocycles. The van der Waals surface area contributed by atoms with Crippen LogP contribution in [-0.2, 0) is 19.8 Å². The fourth-order valence-electron chi connectivity index (χ4n) is 1.44. The van der Waals surface area contributed by atoms with Crippen LogP contribution in [-0.4, -0.2) is 43.7 Å². The van der Waals surface area contributed by atoms with Crippen molar-refractivity contribution >= 4 is 35.3 Å². The van der Waals surface area contributed by atoms with Crippen LogP contribution in [0.5, 0.6) is 5.75 Å². The second-order valence-corrected chi connectivity index (χ2v) is 8.02. The highest BCUT2D eigenvalue weighted by Crippen LogP contribution is 2.50. The van der Waals surface area contributed by atoms with Crippen LogP contribution in [0.2, 0.25) is 0 Å². The van der Waals surface area contributed by atoms with Gasteiger partial charge in [-0.15, -0.1) is 0 Å². The van der Waals surface area contributed by atoms with Crippen LogP contribution in [0.4, 0.5) is 8.78 Å². The second-order valence-electron chi connectivity index (χ2n) is 4.36. The van der Waals surface area contributed by atoms with Crippen molar-refractivity contribution in [1.82, 2.24) is 0 Å². The summed E-state index contributed by atoms with van der Waals surface area (Å²) in [6.45, 7) is 1.73. The van der Waals surface area contributed by atoms with Gasteiger partial charge in [-0.05, 0) is 33.6 Å². The third kappa shape index (κ3) is 7.96. The maximum Gasteiger partial charge on any atom is 0.442 e. The highest BCUT2D eigenvalue weighted by atomic mass is 79.9. The molecule has 1 rings (SSSR count). The van der Waals surface area contributed by atoms with Crippen molar-refractivity contribution in [3.05, 3.63) is 28.2 Å². The maximum absolute atomic E-state index is 12.3. The first kappa shape index (κ1) is 20.9. The molecule has 0 aliphatic rings. The zero-order chi connectivity index (χ0) is 17.3. The molecule has 5 nitrogen and oxygen atoms in total. The summed E-state index contributed by atoms with van der Waals surface area (Å²) < 4.78 is 50.9. The zero-order valence-electron chi connectivity index (χ0n) is 12.4. The van der Waals surface area contributed by atoms with Gasteiger partial charge in [-0.2, -0.15) is 20.5 Å². The minimum atomic E-state index is -4.96. The summed E-state index contributed by atoms with van der Waals surface area (Å²) in [6.07, 6.45) is -3.44. The Labute approximate surface area is 146 Å². The maximum atomic E-state index is 12.3. The van der Waals surface area contributed by atoms with E-state index in [0.717, 1.165) is 11.3 Å². The van der Waals surface area contributed by atoms with E-state index < -0.39 is 13.8 Å². The molecular weight excluding hydrogens is 417 g/mol. The fraction of sp³-hybridized carbons (Fsp3) is 0.538. The van der Waals surface area contributed by atoms with Gasteiger partial charge in [0.15, 0.2) is 0 Å². The summed E-state index contributed by atoms with van der Waals surface area (Å²) in [6, 6.07) is 4.71. The molecule has 0 radical (unpaired) electrons. The molecule has 0 spiro atoms. The van der Waals surface area contributed by atoms with Crippen molar-refractivity contribution in [3.63, 3.8) is 0 Å². The smallest absolute Gasteiger partial charge is 0.420 e. The number of benzene rings is 1. The molecular formula is C13H18BrF2O5PS. The summed E-state index contributed by atoms with van der Waals surface area (Å²) in [4.78, 5) is 9.04. The Morgan fingerprint density at radius 2 is 2.09 bits per heavy atom.